The molecule has 0 fully saturated rings. The molecule has 1 heteroatoms. The molecular formula is C10H19N. The van der Waals surface area contributed by atoms with E-state index in [2.05, 4.69) is 6.58 Å². The van der Waals surface area contributed by atoms with Crippen LogP contribution in [0.2, 0.25) is 0 Å². The highest BCUT2D eigenvalue weighted by Gasteiger charge is 1.86. The van der Waals surface area contributed by atoms with Gasteiger partial charge in [0.2, 0.25) is 0 Å². The van der Waals surface area contributed by atoms with Gasteiger partial charge >= 0.3 is 0 Å². The van der Waals surface area contributed by atoms with Crippen LogP contribution >= 0.6 is 0 Å². The number of allylic oxidation sites excluding steroid dienone is 4. The minimum absolute atomic E-state index is 1.09. The summed E-state index contributed by atoms with van der Waals surface area (Å²) in [6.07, 6.45) is 5.27. The molecular weight excluding hydrogens is 134 g/mol. The molecule has 0 aliphatic carbocycles. The molecule has 0 aliphatic rings. The fraction of sp³-hybridized carbons (Fsp3) is 0.400. The van der Waals surface area contributed by atoms with Crippen molar-refractivity contribution in [2.24, 2.45) is 5.73 Å². The molecule has 0 rings (SSSR count). The van der Waals surface area contributed by atoms with Gasteiger partial charge in [-0.15, -0.1) is 0 Å². The summed E-state index contributed by atoms with van der Waals surface area (Å²) in [6.45, 7) is 11.5. The molecule has 0 heterocycles. The third-order valence-electron chi connectivity index (χ3n) is 1.24. The molecule has 0 aromatic heterocycles. The van der Waals surface area contributed by atoms with E-state index in [0.717, 1.165) is 11.1 Å². The maximum absolute atomic E-state index is 5.27. The Balaban J connectivity index is 0. The van der Waals surface area contributed by atoms with Crippen molar-refractivity contribution in [1.29, 1.82) is 0 Å². The molecule has 0 saturated carbocycles. The summed E-state index contributed by atoms with van der Waals surface area (Å²) in [7, 11) is 0. The zero-order valence-electron chi connectivity index (χ0n) is 8.02. The number of hydrogen-bond acceptors (Lipinski definition) is 1. The minimum Gasteiger partial charge on any atom is -0.404 e. The predicted octanol–water partition coefficient (Wildman–Crippen LogP) is 3.01. The Morgan fingerprint density at radius 2 is 1.64 bits per heavy atom. The van der Waals surface area contributed by atoms with Crippen LogP contribution < -0.4 is 5.73 Å². The average molecular weight is 153 g/mol. The highest BCUT2D eigenvalue weighted by molar-refractivity contribution is 5.28. The fourth-order valence-corrected chi connectivity index (χ4v) is 0.440. The van der Waals surface area contributed by atoms with Crippen molar-refractivity contribution in [1.82, 2.24) is 0 Å². The standard InChI is InChI=1S/C8H13N.C2H6/c1-4-5-7(2)8(3)6-9;1-2/h4-6H,1,9H2,2-3H3;1-2H3/b7-5-,8-6-;. The quantitative estimate of drug-likeness (QED) is 0.606. The Morgan fingerprint density at radius 3 is 1.91 bits per heavy atom. The molecule has 64 valence electrons. The second kappa shape index (κ2) is 9.02. The van der Waals surface area contributed by atoms with Crippen LogP contribution in [0.3, 0.4) is 0 Å². The highest BCUT2D eigenvalue weighted by Crippen LogP contribution is 2.04. The third-order valence-corrected chi connectivity index (χ3v) is 1.24. The Morgan fingerprint density at radius 1 is 1.18 bits per heavy atom. The Kier molecular flexibility index (Phi) is 10.4. The van der Waals surface area contributed by atoms with E-state index in [1.807, 2.05) is 33.8 Å². The molecule has 0 spiro atoms. The second-order valence-electron chi connectivity index (χ2n) is 1.94. The van der Waals surface area contributed by atoms with Gasteiger partial charge in [0.05, 0.1) is 0 Å². The summed E-state index contributed by atoms with van der Waals surface area (Å²) >= 11 is 0. The number of hydrogen-bond donors (Lipinski definition) is 1. The number of rotatable bonds is 2. The largest absolute Gasteiger partial charge is 0.404 e. The van der Waals surface area contributed by atoms with E-state index >= 15 is 0 Å². The minimum atomic E-state index is 1.09. The third kappa shape index (κ3) is 6.91. The molecule has 1 nitrogen and oxygen atoms in total. The maximum atomic E-state index is 5.27. The first-order valence-corrected chi connectivity index (χ1v) is 3.90. The Bertz CT molecular complexity index is 152. The van der Waals surface area contributed by atoms with E-state index in [1.165, 1.54) is 0 Å². The van der Waals surface area contributed by atoms with Crippen molar-refractivity contribution in [3.8, 4) is 0 Å². The van der Waals surface area contributed by atoms with Gasteiger partial charge < -0.3 is 5.73 Å². The van der Waals surface area contributed by atoms with E-state index in [4.69, 9.17) is 5.73 Å². The lowest BCUT2D eigenvalue weighted by Crippen LogP contribution is -1.85. The van der Waals surface area contributed by atoms with Crippen LogP contribution in [0.4, 0.5) is 0 Å². The summed E-state index contributed by atoms with van der Waals surface area (Å²) in [5.74, 6) is 0. The molecule has 0 unspecified atom stereocenters. The fourth-order valence-electron chi connectivity index (χ4n) is 0.440. The van der Waals surface area contributed by atoms with Crippen molar-refractivity contribution in [2.45, 2.75) is 27.7 Å². The van der Waals surface area contributed by atoms with Gasteiger partial charge in [0.1, 0.15) is 0 Å². The lowest BCUT2D eigenvalue weighted by atomic mass is 10.1. The summed E-state index contributed by atoms with van der Waals surface area (Å²) in [5, 5.41) is 0. The first-order valence-electron chi connectivity index (χ1n) is 3.90. The van der Waals surface area contributed by atoms with Crippen LogP contribution in [-0.4, -0.2) is 0 Å². The summed E-state index contributed by atoms with van der Waals surface area (Å²) in [6, 6.07) is 0. The van der Waals surface area contributed by atoms with Gasteiger partial charge in [0.25, 0.3) is 0 Å². The van der Waals surface area contributed by atoms with E-state index < -0.39 is 0 Å². The van der Waals surface area contributed by atoms with Gasteiger partial charge in [-0.1, -0.05) is 32.6 Å². The molecule has 2 N–H and O–H groups in total. The van der Waals surface area contributed by atoms with Gasteiger partial charge in [-0.3, -0.25) is 0 Å². The Hall–Kier alpha value is -0.980. The first kappa shape index (κ1) is 12.7. The van der Waals surface area contributed by atoms with Crippen LogP contribution in [0.15, 0.2) is 36.1 Å². The molecule has 0 bridgehead atoms. The van der Waals surface area contributed by atoms with Crippen molar-refractivity contribution in [2.75, 3.05) is 0 Å². The first-order chi connectivity index (χ1) is 5.22. The second-order valence-corrected chi connectivity index (χ2v) is 1.94. The van der Waals surface area contributed by atoms with Crippen LogP contribution in [0.5, 0.6) is 0 Å². The monoisotopic (exact) mass is 153 g/mol. The average Bonchev–Trinajstić information content (AvgIpc) is 2.07. The molecule has 0 atom stereocenters. The SMILES string of the molecule is C=C/C=C(C)\C(C)=C/N.CC. The van der Waals surface area contributed by atoms with Gasteiger partial charge in [0, 0.05) is 0 Å². The van der Waals surface area contributed by atoms with Gasteiger partial charge in [-0.25, -0.2) is 0 Å². The normalized spacial score (nSPS) is 11.6. The smallest absolute Gasteiger partial charge is 0.00299 e. The zero-order chi connectivity index (χ0) is 9.28. The molecule has 0 radical (unpaired) electrons. The topological polar surface area (TPSA) is 26.0 Å². The maximum Gasteiger partial charge on any atom is -0.00299 e. The zero-order valence-corrected chi connectivity index (χ0v) is 8.02. The molecule has 0 amide bonds. The van der Waals surface area contributed by atoms with Crippen LogP contribution in [0, 0.1) is 0 Å². The van der Waals surface area contributed by atoms with E-state index in [-0.39, 0.29) is 0 Å². The molecule has 0 aliphatic heterocycles. The van der Waals surface area contributed by atoms with Crippen LogP contribution in [0.25, 0.3) is 0 Å². The number of nitrogens with two attached hydrogens (primary N) is 1. The summed E-state index contributed by atoms with van der Waals surface area (Å²) < 4.78 is 0. The van der Waals surface area contributed by atoms with Gasteiger partial charge in [0.15, 0.2) is 0 Å². The van der Waals surface area contributed by atoms with Crippen molar-refractivity contribution in [3.05, 3.63) is 36.1 Å². The van der Waals surface area contributed by atoms with E-state index in [0.29, 0.717) is 0 Å². The molecule has 0 aromatic rings. The van der Waals surface area contributed by atoms with Gasteiger partial charge in [-0.05, 0) is 31.2 Å². The Labute approximate surface area is 70.3 Å². The lowest BCUT2D eigenvalue weighted by Gasteiger charge is -1.95. The van der Waals surface area contributed by atoms with Crippen molar-refractivity contribution >= 4 is 0 Å². The van der Waals surface area contributed by atoms with Crippen molar-refractivity contribution < 1.29 is 0 Å². The lowest BCUT2D eigenvalue weighted by molar-refractivity contribution is 1.31. The van der Waals surface area contributed by atoms with Gasteiger partial charge in [-0.2, -0.15) is 0 Å². The predicted molar refractivity (Wildman–Crippen MR) is 53.2 cm³/mol. The van der Waals surface area contributed by atoms with E-state index in [9.17, 15) is 0 Å². The van der Waals surface area contributed by atoms with Crippen LogP contribution in [0.1, 0.15) is 27.7 Å². The van der Waals surface area contributed by atoms with Crippen molar-refractivity contribution in [3.63, 3.8) is 0 Å². The highest BCUT2D eigenvalue weighted by atomic mass is 14.5. The summed E-state index contributed by atoms with van der Waals surface area (Å²) in [4.78, 5) is 0. The molecule has 0 saturated heterocycles. The van der Waals surface area contributed by atoms with E-state index in [1.54, 1.807) is 12.3 Å². The summed E-state index contributed by atoms with van der Waals surface area (Å²) in [5.41, 5.74) is 7.52. The molecule has 11 heavy (non-hydrogen) atoms. The molecule has 0 aromatic carbocycles. The van der Waals surface area contributed by atoms with Crippen LogP contribution in [-0.2, 0) is 0 Å².